The molecule has 0 aliphatic carbocycles. The van der Waals surface area contributed by atoms with Crippen LogP contribution in [-0.2, 0) is 4.79 Å². The molecule has 1 aromatic rings. The Labute approximate surface area is 162 Å². The summed E-state index contributed by atoms with van der Waals surface area (Å²) in [4.78, 5) is 29.0. The molecule has 2 N–H and O–H groups in total. The van der Waals surface area contributed by atoms with E-state index in [2.05, 4.69) is 38.3 Å². The van der Waals surface area contributed by atoms with Gasteiger partial charge in [0, 0.05) is 36.4 Å². The van der Waals surface area contributed by atoms with Crippen LogP contribution in [0.4, 0.5) is 10.5 Å². The number of hydrogen-bond donors (Lipinski definition) is 2. The lowest BCUT2D eigenvalue weighted by Crippen LogP contribution is -2.63. The average molecular weight is 373 g/mol. The van der Waals surface area contributed by atoms with E-state index in [4.69, 9.17) is 0 Å². The van der Waals surface area contributed by atoms with Gasteiger partial charge in [0.2, 0.25) is 5.91 Å². The molecule has 6 nitrogen and oxygen atoms in total. The number of hydrogen-bond acceptors (Lipinski definition) is 3. The Morgan fingerprint density at radius 1 is 1.15 bits per heavy atom. The summed E-state index contributed by atoms with van der Waals surface area (Å²) in [6.07, 6.45) is 2.39. The first-order chi connectivity index (χ1) is 12.6. The minimum atomic E-state index is -0.409. The van der Waals surface area contributed by atoms with E-state index in [0.29, 0.717) is 13.0 Å². The molecule has 3 rings (SSSR count). The minimum Gasteiger partial charge on any atom is -0.335 e. The molecule has 0 bridgehead atoms. The fourth-order valence-corrected chi connectivity index (χ4v) is 4.73. The van der Waals surface area contributed by atoms with Crippen LogP contribution in [0.15, 0.2) is 30.3 Å². The van der Waals surface area contributed by atoms with Gasteiger partial charge >= 0.3 is 6.03 Å². The predicted molar refractivity (Wildman–Crippen MR) is 108 cm³/mol. The summed E-state index contributed by atoms with van der Waals surface area (Å²) in [5.41, 5.74) is 0.817. The van der Waals surface area contributed by atoms with Crippen LogP contribution in [0.1, 0.15) is 47.0 Å². The van der Waals surface area contributed by atoms with Crippen LogP contribution in [-0.4, -0.2) is 53.6 Å². The van der Waals surface area contributed by atoms with Crippen LogP contribution >= 0.6 is 0 Å². The summed E-state index contributed by atoms with van der Waals surface area (Å²) in [5.74, 6) is -0.00943. The van der Waals surface area contributed by atoms with Crippen molar-refractivity contribution in [3.63, 3.8) is 0 Å². The van der Waals surface area contributed by atoms with Gasteiger partial charge in [0.25, 0.3) is 0 Å². The molecule has 0 saturated carbocycles. The number of urea groups is 1. The lowest BCUT2D eigenvalue weighted by atomic mass is 9.79. The summed E-state index contributed by atoms with van der Waals surface area (Å²) >= 11 is 0. The number of amides is 3. The number of nitrogens with zero attached hydrogens (tertiary/aromatic N) is 2. The highest BCUT2D eigenvalue weighted by atomic mass is 16.2. The number of para-hydroxylation sites is 1. The standard InChI is InChI=1S/C21H32N4O2/c1-20(2)13-15(14-21(3,4)23-20)22-19(27)24(5)17-11-12-25(18(17)26)16-9-7-6-8-10-16/h6-10,15,17,23H,11-14H2,1-5H3,(H,22,27). The summed E-state index contributed by atoms with van der Waals surface area (Å²) in [5, 5.41) is 6.78. The molecule has 148 valence electrons. The predicted octanol–water partition coefficient (Wildman–Crippen LogP) is 2.74. The van der Waals surface area contributed by atoms with Crippen molar-refractivity contribution < 1.29 is 9.59 Å². The van der Waals surface area contributed by atoms with E-state index in [1.807, 2.05) is 30.3 Å². The van der Waals surface area contributed by atoms with Gasteiger partial charge < -0.3 is 20.4 Å². The maximum atomic E-state index is 12.8. The van der Waals surface area contributed by atoms with Gasteiger partial charge in [-0.1, -0.05) is 18.2 Å². The van der Waals surface area contributed by atoms with Gasteiger partial charge in [-0.05, 0) is 59.1 Å². The number of piperidine rings is 1. The molecule has 6 heteroatoms. The van der Waals surface area contributed by atoms with Gasteiger partial charge in [-0.15, -0.1) is 0 Å². The molecule has 1 atom stereocenters. The average Bonchev–Trinajstić information content (AvgIpc) is 2.93. The Hall–Kier alpha value is -2.08. The highest BCUT2D eigenvalue weighted by Crippen LogP contribution is 2.29. The molecule has 1 unspecified atom stereocenters. The van der Waals surface area contributed by atoms with Crippen LogP contribution in [0.3, 0.4) is 0 Å². The van der Waals surface area contributed by atoms with Crippen LogP contribution in [0, 0.1) is 0 Å². The molecule has 27 heavy (non-hydrogen) atoms. The van der Waals surface area contributed by atoms with Crippen LogP contribution in [0.5, 0.6) is 0 Å². The first-order valence-electron chi connectivity index (χ1n) is 9.77. The Morgan fingerprint density at radius 2 is 1.74 bits per heavy atom. The smallest absolute Gasteiger partial charge is 0.318 e. The Morgan fingerprint density at radius 3 is 2.33 bits per heavy atom. The summed E-state index contributed by atoms with van der Waals surface area (Å²) < 4.78 is 0. The zero-order chi connectivity index (χ0) is 19.8. The first kappa shape index (κ1) is 19.7. The lowest BCUT2D eigenvalue weighted by Gasteiger charge is -2.46. The maximum Gasteiger partial charge on any atom is 0.318 e. The summed E-state index contributed by atoms with van der Waals surface area (Å²) in [7, 11) is 1.73. The van der Waals surface area contributed by atoms with E-state index in [1.54, 1.807) is 16.8 Å². The fraction of sp³-hybridized carbons (Fsp3) is 0.619. The second-order valence-corrected chi connectivity index (χ2v) is 9.19. The van der Waals surface area contributed by atoms with E-state index in [0.717, 1.165) is 18.5 Å². The fourth-order valence-electron chi connectivity index (χ4n) is 4.73. The molecular formula is C21H32N4O2. The highest BCUT2D eigenvalue weighted by molar-refractivity contribution is 6.01. The molecule has 0 aromatic heterocycles. The van der Waals surface area contributed by atoms with Gasteiger partial charge in [-0.25, -0.2) is 4.79 Å². The van der Waals surface area contributed by atoms with E-state index in [1.165, 1.54) is 0 Å². The number of nitrogens with one attached hydrogen (secondary N) is 2. The Kier molecular flexibility index (Phi) is 5.21. The topological polar surface area (TPSA) is 64.7 Å². The summed E-state index contributed by atoms with van der Waals surface area (Å²) in [6, 6.07) is 9.16. The zero-order valence-corrected chi connectivity index (χ0v) is 17.1. The monoisotopic (exact) mass is 372 g/mol. The number of benzene rings is 1. The second kappa shape index (κ2) is 7.15. The van der Waals surface area contributed by atoms with Crippen molar-refractivity contribution in [1.82, 2.24) is 15.5 Å². The molecule has 2 aliphatic heterocycles. The van der Waals surface area contributed by atoms with Crippen molar-refractivity contribution >= 4 is 17.6 Å². The van der Waals surface area contributed by atoms with E-state index >= 15 is 0 Å². The molecule has 2 heterocycles. The van der Waals surface area contributed by atoms with Crippen molar-refractivity contribution in [2.45, 2.75) is 70.1 Å². The third-order valence-corrected chi connectivity index (χ3v) is 5.55. The third kappa shape index (κ3) is 4.43. The van der Waals surface area contributed by atoms with E-state index in [-0.39, 0.29) is 29.1 Å². The molecule has 2 saturated heterocycles. The highest BCUT2D eigenvalue weighted by Gasteiger charge is 2.41. The van der Waals surface area contributed by atoms with Gasteiger partial charge in [0.1, 0.15) is 6.04 Å². The third-order valence-electron chi connectivity index (χ3n) is 5.55. The Bertz CT molecular complexity index is 685. The van der Waals surface area contributed by atoms with Crippen LogP contribution in [0.2, 0.25) is 0 Å². The maximum absolute atomic E-state index is 12.8. The number of likely N-dealkylation sites (N-methyl/N-ethyl adjacent to an activating group) is 1. The van der Waals surface area contributed by atoms with Crippen molar-refractivity contribution in [3.05, 3.63) is 30.3 Å². The second-order valence-electron chi connectivity index (χ2n) is 9.19. The first-order valence-corrected chi connectivity index (χ1v) is 9.77. The number of carbonyl (C=O) groups is 2. The SMILES string of the molecule is CN(C(=O)NC1CC(C)(C)NC(C)(C)C1)C1CCN(c2ccccc2)C1=O. The van der Waals surface area contributed by atoms with Crippen molar-refractivity contribution in [1.29, 1.82) is 0 Å². The lowest BCUT2D eigenvalue weighted by molar-refractivity contribution is -0.120. The van der Waals surface area contributed by atoms with Gasteiger partial charge in [-0.3, -0.25) is 4.79 Å². The van der Waals surface area contributed by atoms with Gasteiger partial charge in [0.05, 0.1) is 0 Å². The molecule has 0 radical (unpaired) electrons. The van der Waals surface area contributed by atoms with E-state index in [9.17, 15) is 9.59 Å². The number of anilines is 1. The van der Waals surface area contributed by atoms with Gasteiger partial charge in [-0.2, -0.15) is 0 Å². The Balaban J connectivity index is 1.63. The largest absolute Gasteiger partial charge is 0.335 e. The zero-order valence-electron chi connectivity index (χ0n) is 17.1. The van der Waals surface area contributed by atoms with Crippen molar-refractivity contribution in [3.8, 4) is 0 Å². The van der Waals surface area contributed by atoms with Crippen LogP contribution < -0.4 is 15.5 Å². The number of carbonyl (C=O) groups excluding carboxylic acids is 2. The molecule has 3 amide bonds. The van der Waals surface area contributed by atoms with Crippen molar-refractivity contribution in [2.24, 2.45) is 0 Å². The van der Waals surface area contributed by atoms with E-state index < -0.39 is 6.04 Å². The quantitative estimate of drug-likeness (QED) is 0.857. The minimum absolute atomic E-state index is 0.00943. The van der Waals surface area contributed by atoms with Gasteiger partial charge in [0.15, 0.2) is 0 Å². The molecular weight excluding hydrogens is 340 g/mol. The molecule has 2 aliphatic rings. The molecule has 1 aromatic carbocycles. The molecule has 2 fully saturated rings. The number of rotatable bonds is 3. The van der Waals surface area contributed by atoms with Crippen molar-refractivity contribution in [2.75, 3.05) is 18.5 Å². The van der Waals surface area contributed by atoms with Crippen LogP contribution in [0.25, 0.3) is 0 Å². The molecule has 0 spiro atoms. The summed E-state index contributed by atoms with van der Waals surface area (Å²) in [6.45, 7) is 9.28. The normalized spacial score (nSPS) is 24.7.